The van der Waals surface area contributed by atoms with Crippen molar-refractivity contribution in [3.05, 3.63) is 66.5 Å². The van der Waals surface area contributed by atoms with Gasteiger partial charge in [0.05, 0.1) is 6.26 Å². The second-order valence-electron chi connectivity index (χ2n) is 2.50. The zero-order valence-corrected chi connectivity index (χ0v) is 7.30. The number of aliphatic hydroxyl groups excluding tert-OH is 1. The van der Waals surface area contributed by atoms with Crippen molar-refractivity contribution in [2.75, 3.05) is 0 Å². The maximum atomic E-state index is 8.33. The van der Waals surface area contributed by atoms with Gasteiger partial charge in [-0.2, -0.15) is 0 Å². The molecule has 0 saturated heterocycles. The molecule has 0 aliphatic rings. The Labute approximate surface area is 78.3 Å². The van der Waals surface area contributed by atoms with Crippen molar-refractivity contribution in [2.45, 2.75) is 0 Å². The molecule has 1 rings (SSSR count). The fourth-order valence-corrected chi connectivity index (χ4v) is 0.909. The van der Waals surface area contributed by atoms with Crippen LogP contribution < -0.4 is 0 Å². The van der Waals surface area contributed by atoms with Crippen LogP contribution in [0.25, 0.3) is 6.08 Å². The fraction of sp³-hybridized carbons (Fsp3) is 0. The van der Waals surface area contributed by atoms with Crippen molar-refractivity contribution in [3.8, 4) is 0 Å². The molecule has 0 bridgehead atoms. The van der Waals surface area contributed by atoms with Gasteiger partial charge in [0.1, 0.15) is 0 Å². The molecule has 0 saturated carbocycles. The molecular weight excluding hydrogens is 160 g/mol. The first-order valence-corrected chi connectivity index (χ1v) is 4.12. The fourth-order valence-electron chi connectivity index (χ4n) is 0.909. The summed E-state index contributed by atoms with van der Waals surface area (Å²) in [5.41, 5.74) is 1.17. The van der Waals surface area contributed by atoms with Gasteiger partial charge in [-0.1, -0.05) is 54.6 Å². The summed E-state index contributed by atoms with van der Waals surface area (Å²) in [4.78, 5) is 0. The number of hydrogen-bond donors (Lipinski definition) is 1. The molecule has 0 radical (unpaired) electrons. The van der Waals surface area contributed by atoms with Crippen molar-refractivity contribution >= 4 is 6.08 Å². The van der Waals surface area contributed by atoms with Crippen molar-refractivity contribution in [1.82, 2.24) is 0 Å². The van der Waals surface area contributed by atoms with Crippen LogP contribution in [0.5, 0.6) is 0 Å². The Kier molecular flexibility index (Phi) is 4.19. The van der Waals surface area contributed by atoms with E-state index in [-0.39, 0.29) is 0 Å². The first-order chi connectivity index (χ1) is 6.43. The standard InChI is InChI=1S/C12H12O/c13-11-7-2-1-4-8-12-9-5-3-6-10-12/h1-11,13H/b2-1-,8-4-,11-7+. The van der Waals surface area contributed by atoms with E-state index in [0.717, 1.165) is 6.26 Å². The summed E-state index contributed by atoms with van der Waals surface area (Å²) in [5.74, 6) is 0. The van der Waals surface area contributed by atoms with Crippen LogP contribution in [0, 0.1) is 0 Å². The minimum absolute atomic E-state index is 1.01. The first kappa shape index (κ1) is 9.33. The van der Waals surface area contributed by atoms with E-state index in [2.05, 4.69) is 0 Å². The van der Waals surface area contributed by atoms with E-state index in [1.54, 1.807) is 12.2 Å². The van der Waals surface area contributed by atoms with Gasteiger partial charge in [-0.15, -0.1) is 0 Å². The zero-order chi connectivity index (χ0) is 9.36. The molecule has 0 fully saturated rings. The van der Waals surface area contributed by atoms with Gasteiger partial charge in [0, 0.05) is 0 Å². The second-order valence-corrected chi connectivity index (χ2v) is 2.50. The molecule has 1 aromatic carbocycles. The van der Waals surface area contributed by atoms with Crippen molar-refractivity contribution in [2.24, 2.45) is 0 Å². The largest absolute Gasteiger partial charge is 0.516 e. The molecule has 66 valence electrons. The molecule has 0 unspecified atom stereocenters. The van der Waals surface area contributed by atoms with Crippen molar-refractivity contribution < 1.29 is 5.11 Å². The van der Waals surface area contributed by atoms with Crippen molar-refractivity contribution in [3.63, 3.8) is 0 Å². The highest BCUT2D eigenvalue weighted by Crippen LogP contribution is 2.00. The summed E-state index contributed by atoms with van der Waals surface area (Å²) >= 11 is 0. The number of rotatable bonds is 3. The van der Waals surface area contributed by atoms with Crippen LogP contribution in [0.4, 0.5) is 0 Å². The topological polar surface area (TPSA) is 20.2 Å². The number of benzene rings is 1. The molecule has 0 aliphatic heterocycles. The minimum Gasteiger partial charge on any atom is -0.516 e. The normalized spacial score (nSPS) is 12.0. The number of aliphatic hydroxyl groups is 1. The average molecular weight is 172 g/mol. The summed E-state index contributed by atoms with van der Waals surface area (Å²) in [6, 6.07) is 10.0. The number of hydrogen-bond acceptors (Lipinski definition) is 1. The van der Waals surface area contributed by atoms with Gasteiger partial charge in [0.25, 0.3) is 0 Å². The van der Waals surface area contributed by atoms with Gasteiger partial charge >= 0.3 is 0 Å². The van der Waals surface area contributed by atoms with Gasteiger partial charge in [-0.3, -0.25) is 0 Å². The predicted octanol–water partition coefficient (Wildman–Crippen LogP) is 3.33. The SMILES string of the molecule is O/C=C/C=C\C=C/c1ccccc1. The second kappa shape index (κ2) is 5.84. The predicted molar refractivity (Wildman–Crippen MR) is 56.4 cm³/mol. The highest BCUT2D eigenvalue weighted by Gasteiger charge is 1.78. The molecule has 0 amide bonds. The molecule has 1 nitrogen and oxygen atoms in total. The van der Waals surface area contributed by atoms with E-state index in [9.17, 15) is 0 Å². The maximum absolute atomic E-state index is 8.33. The lowest BCUT2D eigenvalue weighted by Crippen LogP contribution is -1.66. The van der Waals surface area contributed by atoms with E-state index in [1.165, 1.54) is 5.56 Å². The van der Waals surface area contributed by atoms with Gasteiger partial charge < -0.3 is 5.11 Å². The van der Waals surface area contributed by atoms with Crippen LogP contribution in [-0.4, -0.2) is 5.11 Å². The Morgan fingerprint density at radius 2 is 1.54 bits per heavy atom. The minimum atomic E-state index is 1.01. The van der Waals surface area contributed by atoms with Crippen LogP contribution in [0.2, 0.25) is 0 Å². The molecule has 13 heavy (non-hydrogen) atoms. The van der Waals surface area contributed by atoms with E-state index in [0.29, 0.717) is 0 Å². The van der Waals surface area contributed by atoms with E-state index in [1.807, 2.05) is 48.6 Å². The Balaban J connectivity index is 2.50. The molecule has 0 atom stereocenters. The summed E-state index contributed by atoms with van der Waals surface area (Å²) in [6.07, 6.45) is 10.1. The Morgan fingerprint density at radius 1 is 0.846 bits per heavy atom. The van der Waals surface area contributed by atoms with Crippen LogP contribution >= 0.6 is 0 Å². The molecule has 0 aromatic heterocycles. The zero-order valence-electron chi connectivity index (χ0n) is 7.30. The van der Waals surface area contributed by atoms with E-state index >= 15 is 0 Å². The van der Waals surface area contributed by atoms with E-state index in [4.69, 9.17) is 5.11 Å². The molecule has 1 heteroatoms. The monoisotopic (exact) mass is 172 g/mol. The van der Waals surface area contributed by atoms with Gasteiger partial charge in [-0.05, 0) is 11.6 Å². The van der Waals surface area contributed by atoms with Crippen LogP contribution in [-0.2, 0) is 0 Å². The summed E-state index contributed by atoms with van der Waals surface area (Å²) in [6.45, 7) is 0. The third kappa shape index (κ3) is 3.97. The Morgan fingerprint density at radius 3 is 2.23 bits per heavy atom. The molecule has 0 heterocycles. The third-order valence-corrected chi connectivity index (χ3v) is 1.51. The quantitative estimate of drug-likeness (QED) is 0.547. The Bertz CT molecular complexity index is 307. The molecule has 0 aliphatic carbocycles. The maximum Gasteiger partial charge on any atom is 0.0791 e. The highest BCUT2D eigenvalue weighted by atomic mass is 16.2. The van der Waals surface area contributed by atoms with E-state index < -0.39 is 0 Å². The summed E-state index contributed by atoms with van der Waals surface area (Å²) in [7, 11) is 0. The lowest BCUT2D eigenvalue weighted by Gasteiger charge is -1.87. The summed E-state index contributed by atoms with van der Waals surface area (Å²) in [5, 5.41) is 8.33. The van der Waals surface area contributed by atoms with Crippen molar-refractivity contribution in [1.29, 1.82) is 0 Å². The Hall–Kier alpha value is -1.76. The van der Waals surface area contributed by atoms with Gasteiger partial charge in [0.15, 0.2) is 0 Å². The average Bonchev–Trinajstić information content (AvgIpc) is 2.19. The van der Waals surface area contributed by atoms with Gasteiger partial charge in [-0.25, -0.2) is 0 Å². The van der Waals surface area contributed by atoms with Gasteiger partial charge in [0.2, 0.25) is 0 Å². The molecule has 0 spiro atoms. The molecule has 1 aromatic rings. The lowest BCUT2D eigenvalue weighted by molar-refractivity contribution is 0.474. The summed E-state index contributed by atoms with van der Waals surface area (Å²) < 4.78 is 0. The third-order valence-electron chi connectivity index (χ3n) is 1.51. The lowest BCUT2D eigenvalue weighted by atomic mass is 10.2. The van der Waals surface area contributed by atoms with Crippen LogP contribution in [0.1, 0.15) is 5.56 Å². The number of allylic oxidation sites excluding steroid dienone is 4. The molecule has 1 N–H and O–H groups in total. The van der Waals surface area contributed by atoms with Crippen LogP contribution in [0.15, 0.2) is 60.9 Å². The molecular formula is C12H12O. The first-order valence-electron chi connectivity index (χ1n) is 4.12. The smallest absolute Gasteiger partial charge is 0.0791 e. The highest BCUT2D eigenvalue weighted by molar-refractivity contribution is 5.50. The van der Waals surface area contributed by atoms with Crippen LogP contribution in [0.3, 0.4) is 0 Å².